The van der Waals surface area contributed by atoms with Gasteiger partial charge in [-0.3, -0.25) is 0 Å². The van der Waals surface area contributed by atoms with Crippen LogP contribution >= 0.6 is 0 Å². The van der Waals surface area contributed by atoms with Crippen molar-refractivity contribution in [2.24, 2.45) is 58.0 Å². The molecule has 4 saturated carbocycles. The summed E-state index contributed by atoms with van der Waals surface area (Å²) in [4.78, 5) is 0. The van der Waals surface area contributed by atoms with Gasteiger partial charge in [-0.25, -0.2) is 0 Å². The molecule has 4 aliphatic carbocycles. The highest BCUT2D eigenvalue weighted by Crippen LogP contribution is 2.68. The van der Waals surface area contributed by atoms with Crippen LogP contribution in [0.25, 0.3) is 0 Å². The first-order valence-corrected chi connectivity index (χ1v) is 13.1. The molecule has 1 nitrogen and oxygen atoms in total. The lowest BCUT2D eigenvalue weighted by molar-refractivity contribution is -0.121. The molecule has 2 unspecified atom stereocenters. The third kappa shape index (κ3) is 3.40. The molecule has 162 valence electrons. The van der Waals surface area contributed by atoms with E-state index >= 15 is 0 Å². The van der Waals surface area contributed by atoms with Crippen molar-refractivity contribution in [3.05, 3.63) is 0 Å². The van der Waals surface area contributed by atoms with Crippen molar-refractivity contribution >= 4 is 0 Å². The summed E-state index contributed by atoms with van der Waals surface area (Å²) in [6, 6.07) is 0. The first kappa shape index (κ1) is 21.2. The van der Waals surface area contributed by atoms with Gasteiger partial charge in [-0.2, -0.15) is 0 Å². The highest BCUT2D eigenvalue weighted by atomic mass is 14.6. The maximum atomic E-state index is 5.83. The summed E-state index contributed by atoms with van der Waals surface area (Å²) in [7, 11) is 0. The zero-order valence-electron chi connectivity index (χ0n) is 19.5. The molecule has 0 amide bonds. The molecular formula is C27H49N. The molecule has 0 bridgehead atoms. The van der Waals surface area contributed by atoms with Crippen LogP contribution < -0.4 is 5.73 Å². The van der Waals surface area contributed by atoms with Gasteiger partial charge in [-0.1, -0.05) is 40.5 Å². The second kappa shape index (κ2) is 8.24. The third-order valence-corrected chi connectivity index (χ3v) is 11.1. The standard InChI is InChI=1S/C27H49N/c1-5-7-20-13-15-26(3)21(18-20)9-10-22-24-12-11-23(19(2)8-6-17-28)27(24,4)16-14-25(22)26/h19-25H,5-18,28H2,1-4H3/t19-,20?,21?,22+,23-,24+,25+,26+,27-/m1/s1. The van der Waals surface area contributed by atoms with E-state index < -0.39 is 0 Å². The van der Waals surface area contributed by atoms with E-state index in [1.54, 1.807) is 32.1 Å². The van der Waals surface area contributed by atoms with Crippen LogP contribution in [0.4, 0.5) is 0 Å². The first-order chi connectivity index (χ1) is 13.4. The Hall–Kier alpha value is -0.0400. The number of nitrogens with two attached hydrogens (primary N) is 1. The minimum Gasteiger partial charge on any atom is -0.330 e. The molecule has 4 fully saturated rings. The fourth-order valence-corrected chi connectivity index (χ4v) is 9.63. The monoisotopic (exact) mass is 387 g/mol. The first-order valence-electron chi connectivity index (χ1n) is 13.1. The van der Waals surface area contributed by atoms with Gasteiger partial charge in [0.05, 0.1) is 0 Å². The van der Waals surface area contributed by atoms with Gasteiger partial charge in [0.15, 0.2) is 0 Å². The molecule has 0 aromatic rings. The van der Waals surface area contributed by atoms with E-state index in [0.717, 1.165) is 48.0 Å². The summed E-state index contributed by atoms with van der Waals surface area (Å²) >= 11 is 0. The van der Waals surface area contributed by atoms with Crippen LogP contribution in [0.3, 0.4) is 0 Å². The predicted molar refractivity (Wildman–Crippen MR) is 121 cm³/mol. The Morgan fingerprint density at radius 3 is 2.43 bits per heavy atom. The average molecular weight is 388 g/mol. The van der Waals surface area contributed by atoms with Gasteiger partial charge in [-0.15, -0.1) is 0 Å². The van der Waals surface area contributed by atoms with Crippen molar-refractivity contribution in [2.45, 2.75) is 111 Å². The average Bonchev–Trinajstić information content (AvgIpc) is 3.04. The number of hydrogen-bond donors (Lipinski definition) is 1. The molecule has 0 aromatic carbocycles. The molecular weight excluding hydrogens is 338 g/mol. The lowest BCUT2D eigenvalue weighted by Crippen LogP contribution is -2.53. The van der Waals surface area contributed by atoms with Gasteiger partial charge in [0.1, 0.15) is 0 Å². The minimum atomic E-state index is 0.637. The van der Waals surface area contributed by atoms with Crippen LogP contribution in [0.2, 0.25) is 0 Å². The summed E-state index contributed by atoms with van der Waals surface area (Å²) in [6.07, 6.45) is 19.3. The molecule has 0 aromatic heterocycles. The summed E-state index contributed by atoms with van der Waals surface area (Å²) in [5.41, 5.74) is 7.15. The Balaban J connectivity index is 1.48. The van der Waals surface area contributed by atoms with E-state index in [0.29, 0.717) is 10.8 Å². The second-order valence-electron chi connectivity index (χ2n) is 12.2. The van der Waals surface area contributed by atoms with Crippen LogP contribution in [0, 0.1) is 52.3 Å². The third-order valence-electron chi connectivity index (χ3n) is 11.1. The quantitative estimate of drug-likeness (QED) is 0.503. The van der Waals surface area contributed by atoms with Crippen LogP contribution in [-0.2, 0) is 0 Å². The maximum absolute atomic E-state index is 5.83. The zero-order valence-corrected chi connectivity index (χ0v) is 19.5. The van der Waals surface area contributed by atoms with E-state index in [9.17, 15) is 0 Å². The van der Waals surface area contributed by atoms with Gasteiger partial charge >= 0.3 is 0 Å². The van der Waals surface area contributed by atoms with Crippen LogP contribution in [0.15, 0.2) is 0 Å². The zero-order chi connectivity index (χ0) is 19.9. The van der Waals surface area contributed by atoms with Crippen molar-refractivity contribution in [3.63, 3.8) is 0 Å². The minimum absolute atomic E-state index is 0.637. The van der Waals surface area contributed by atoms with Crippen molar-refractivity contribution in [1.29, 1.82) is 0 Å². The molecule has 4 rings (SSSR count). The normalized spacial score (nSPS) is 49.2. The molecule has 0 saturated heterocycles. The number of fused-ring (bicyclic) bond motifs is 5. The predicted octanol–water partition coefficient (Wildman–Crippen LogP) is 7.44. The molecule has 0 radical (unpaired) electrons. The molecule has 0 heterocycles. The molecule has 1 heteroatoms. The largest absolute Gasteiger partial charge is 0.330 e. The SMILES string of the molecule is CCCC1CC[C@@]2(C)C(CC[C@H]3[C@@H]4CC[C@H]([C@H](C)CCCN)[C@@]4(C)CC[C@@H]32)C1. The van der Waals surface area contributed by atoms with Crippen LogP contribution in [0.1, 0.15) is 111 Å². The van der Waals surface area contributed by atoms with E-state index in [4.69, 9.17) is 5.73 Å². The van der Waals surface area contributed by atoms with Gasteiger partial charge in [0, 0.05) is 0 Å². The van der Waals surface area contributed by atoms with Gasteiger partial charge in [-0.05, 0) is 129 Å². The lowest BCUT2D eigenvalue weighted by atomic mass is 9.44. The van der Waals surface area contributed by atoms with E-state index in [-0.39, 0.29) is 0 Å². The highest BCUT2D eigenvalue weighted by molar-refractivity contribution is 5.09. The molecule has 28 heavy (non-hydrogen) atoms. The Kier molecular flexibility index (Phi) is 6.24. The fourth-order valence-electron chi connectivity index (χ4n) is 9.63. The van der Waals surface area contributed by atoms with Crippen LogP contribution in [-0.4, -0.2) is 6.54 Å². The lowest BCUT2D eigenvalue weighted by Gasteiger charge is -2.61. The van der Waals surface area contributed by atoms with Crippen molar-refractivity contribution in [2.75, 3.05) is 6.54 Å². The highest BCUT2D eigenvalue weighted by Gasteiger charge is 2.60. The van der Waals surface area contributed by atoms with Crippen molar-refractivity contribution < 1.29 is 0 Å². The van der Waals surface area contributed by atoms with E-state index in [1.165, 1.54) is 51.4 Å². The topological polar surface area (TPSA) is 26.0 Å². The Bertz CT molecular complexity index is 528. The molecule has 4 aliphatic rings. The number of rotatable bonds is 6. The summed E-state index contributed by atoms with van der Waals surface area (Å²) in [5, 5.41) is 0. The summed E-state index contributed by atoms with van der Waals surface area (Å²) in [5.74, 6) is 7.07. The molecule has 0 aliphatic heterocycles. The Morgan fingerprint density at radius 1 is 0.929 bits per heavy atom. The van der Waals surface area contributed by atoms with Crippen molar-refractivity contribution in [3.8, 4) is 0 Å². The summed E-state index contributed by atoms with van der Waals surface area (Å²) in [6.45, 7) is 11.3. The van der Waals surface area contributed by atoms with Crippen molar-refractivity contribution in [1.82, 2.24) is 0 Å². The molecule has 0 spiro atoms. The van der Waals surface area contributed by atoms with Gasteiger partial charge in [0.2, 0.25) is 0 Å². The van der Waals surface area contributed by atoms with Gasteiger partial charge < -0.3 is 5.73 Å². The smallest absolute Gasteiger partial charge is 0.00772 e. The fraction of sp³-hybridized carbons (Fsp3) is 1.00. The molecule has 9 atom stereocenters. The van der Waals surface area contributed by atoms with E-state index in [1.807, 2.05) is 0 Å². The maximum Gasteiger partial charge on any atom is -0.00772 e. The number of hydrogen-bond acceptors (Lipinski definition) is 1. The van der Waals surface area contributed by atoms with E-state index in [2.05, 4.69) is 27.7 Å². The van der Waals surface area contributed by atoms with Gasteiger partial charge in [0.25, 0.3) is 0 Å². The second-order valence-corrected chi connectivity index (χ2v) is 12.2. The Labute approximate surface area is 176 Å². The molecule has 2 N–H and O–H groups in total. The Morgan fingerprint density at radius 2 is 1.68 bits per heavy atom. The summed E-state index contributed by atoms with van der Waals surface area (Å²) < 4.78 is 0. The van der Waals surface area contributed by atoms with Crippen LogP contribution in [0.5, 0.6) is 0 Å².